The van der Waals surface area contributed by atoms with Crippen LogP contribution in [0.5, 0.6) is 0 Å². The van der Waals surface area contributed by atoms with Crippen molar-refractivity contribution in [2.75, 3.05) is 13.2 Å². The molecule has 3 aliphatic rings. The maximum absolute atomic E-state index is 13.0. The predicted molar refractivity (Wildman–Crippen MR) is 115 cm³/mol. The highest BCUT2D eigenvalue weighted by atomic mass is 16.6. The van der Waals surface area contributed by atoms with Crippen LogP contribution in [0.2, 0.25) is 0 Å². The Kier molecular flexibility index (Phi) is 5.00. The second-order valence-corrected chi connectivity index (χ2v) is 8.65. The number of carbonyl (C=O) groups is 3. The lowest BCUT2D eigenvalue weighted by atomic mass is 9.98. The van der Waals surface area contributed by atoms with Crippen molar-refractivity contribution < 1.29 is 19.1 Å². The molecule has 0 spiro atoms. The van der Waals surface area contributed by atoms with E-state index in [1.165, 1.54) is 20.9 Å². The van der Waals surface area contributed by atoms with Crippen LogP contribution >= 0.6 is 0 Å². The van der Waals surface area contributed by atoms with E-state index < -0.39 is 12.1 Å². The zero-order valence-electron chi connectivity index (χ0n) is 17.6. The van der Waals surface area contributed by atoms with Gasteiger partial charge in [0.15, 0.2) is 0 Å². The molecule has 0 aromatic heterocycles. The van der Waals surface area contributed by atoms with Crippen LogP contribution in [-0.2, 0) is 14.3 Å². The molecule has 31 heavy (non-hydrogen) atoms. The average molecular weight is 418 g/mol. The first-order valence-corrected chi connectivity index (χ1v) is 11.0. The van der Waals surface area contributed by atoms with E-state index in [1.807, 2.05) is 31.2 Å². The van der Waals surface area contributed by atoms with Gasteiger partial charge >= 0.3 is 6.09 Å². The summed E-state index contributed by atoms with van der Waals surface area (Å²) in [5, 5.41) is 0. The molecular formula is C25H26N2O4. The van der Waals surface area contributed by atoms with Crippen LogP contribution in [0.15, 0.2) is 48.5 Å². The third-order valence-electron chi connectivity index (χ3n) is 6.83. The number of likely N-dealkylation sites (tertiary alicyclic amines) is 2. The van der Waals surface area contributed by atoms with Gasteiger partial charge in [0, 0.05) is 24.9 Å². The van der Waals surface area contributed by atoms with E-state index in [1.54, 1.807) is 0 Å². The van der Waals surface area contributed by atoms with E-state index >= 15 is 0 Å². The summed E-state index contributed by atoms with van der Waals surface area (Å²) >= 11 is 0. The van der Waals surface area contributed by atoms with Crippen molar-refractivity contribution in [3.05, 3.63) is 59.7 Å². The third-order valence-corrected chi connectivity index (χ3v) is 6.83. The lowest BCUT2D eigenvalue weighted by molar-refractivity contribution is -0.146. The van der Waals surface area contributed by atoms with Gasteiger partial charge in [-0.15, -0.1) is 0 Å². The molecule has 0 saturated carbocycles. The molecule has 5 rings (SSSR count). The maximum atomic E-state index is 13.0. The normalized spacial score (nSPS) is 22.5. The van der Waals surface area contributed by atoms with E-state index in [0.29, 0.717) is 25.8 Å². The summed E-state index contributed by atoms with van der Waals surface area (Å²) in [6.45, 7) is 2.59. The Morgan fingerprint density at radius 3 is 2.26 bits per heavy atom. The molecule has 0 bridgehead atoms. The molecule has 6 nitrogen and oxygen atoms in total. The lowest BCUT2D eigenvalue weighted by Gasteiger charge is -2.29. The van der Waals surface area contributed by atoms with Gasteiger partial charge in [0.25, 0.3) is 5.91 Å². The zero-order valence-corrected chi connectivity index (χ0v) is 17.6. The molecule has 160 valence electrons. The third kappa shape index (κ3) is 3.30. The summed E-state index contributed by atoms with van der Waals surface area (Å²) in [5.74, 6) is -0.425. The molecule has 2 fully saturated rings. The Morgan fingerprint density at radius 2 is 1.65 bits per heavy atom. The van der Waals surface area contributed by atoms with Crippen LogP contribution < -0.4 is 0 Å². The van der Waals surface area contributed by atoms with E-state index in [0.717, 1.165) is 17.5 Å². The standard InChI is InChI=1S/C25H26N2O4/c1-16-12-13-23(28)27(16)24(29)22-11-6-14-26(22)25(30)31-15-21-19-9-4-2-7-17(19)18-8-3-5-10-20(18)21/h2-5,7-10,16,21-22H,6,11-15H2,1H3/t16-,22-/m1/s1. The highest BCUT2D eigenvalue weighted by Crippen LogP contribution is 2.44. The highest BCUT2D eigenvalue weighted by Gasteiger charge is 2.43. The molecule has 2 aromatic rings. The topological polar surface area (TPSA) is 66.9 Å². The monoisotopic (exact) mass is 418 g/mol. The first-order valence-electron chi connectivity index (χ1n) is 11.0. The molecule has 1 aliphatic carbocycles. The smallest absolute Gasteiger partial charge is 0.410 e. The largest absolute Gasteiger partial charge is 0.448 e. The number of carbonyl (C=O) groups excluding carboxylic acids is 3. The Hall–Kier alpha value is -3.15. The van der Waals surface area contributed by atoms with Crippen LogP contribution in [0.3, 0.4) is 0 Å². The predicted octanol–water partition coefficient (Wildman–Crippen LogP) is 3.94. The quantitative estimate of drug-likeness (QED) is 0.708. The molecule has 0 radical (unpaired) electrons. The zero-order chi connectivity index (χ0) is 21.5. The van der Waals surface area contributed by atoms with Crippen molar-refractivity contribution in [2.45, 2.75) is 50.6 Å². The first kappa shape index (κ1) is 19.8. The summed E-state index contributed by atoms with van der Waals surface area (Å²) in [6, 6.07) is 15.7. The highest BCUT2D eigenvalue weighted by molar-refractivity contribution is 6.00. The summed E-state index contributed by atoms with van der Waals surface area (Å²) in [6.07, 6.45) is 1.90. The van der Waals surface area contributed by atoms with E-state index in [4.69, 9.17) is 4.74 Å². The minimum Gasteiger partial charge on any atom is -0.448 e. The Bertz CT molecular complexity index is 1000. The van der Waals surface area contributed by atoms with Crippen LogP contribution in [0.4, 0.5) is 4.79 Å². The molecule has 2 atom stereocenters. The number of amides is 3. The van der Waals surface area contributed by atoms with Gasteiger partial charge < -0.3 is 4.74 Å². The number of nitrogens with zero attached hydrogens (tertiary/aromatic N) is 2. The molecule has 2 aromatic carbocycles. The van der Waals surface area contributed by atoms with Crippen LogP contribution in [0.1, 0.15) is 49.7 Å². The number of ether oxygens (including phenoxy) is 1. The van der Waals surface area contributed by atoms with Crippen molar-refractivity contribution in [3.63, 3.8) is 0 Å². The molecule has 6 heteroatoms. The van der Waals surface area contributed by atoms with Gasteiger partial charge in [-0.3, -0.25) is 19.4 Å². The number of imide groups is 1. The number of hydrogen-bond acceptors (Lipinski definition) is 4. The number of benzene rings is 2. The summed E-state index contributed by atoms with van der Waals surface area (Å²) in [5.41, 5.74) is 4.66. The lowest BCUT2D eigenvalue weighted by Crippen LogP contribution is -2.50. The van der Waals surface area contributed by atoms with E-state index in [9.17, 15) is 14.4 Å². The Labute approximate surface area is 181 Å². The molecule has 3 amide bonds. The van der Waals surface area contributed by atoms with Gasteiger partial charge in [-0.2, -0.15) is 0 Å². The molecule has 2 saturated heterocycles. The van der Waals surface area contributed by atoms with E-state index in [-0.39, 0.29) is 30.4 Å². The van der Waals surface area contributed by atoms with E-state index in [2.05, 4.69) is 24.3 Å². The number of fused-ring (bicyclic) bond motifs is 3. The van der Waals surface area contributed by atoms with Crippen LogP contribution in [0.25, 0.3) is 11.1 Å². The fourth-order valence-electron chi connectivity index (χ4n) is 5.25. The summed E-state index contributed by atoms with van der Waals surface area (Å²) in [7, 11) is 0. The minimum absolute atomic E-state index is 0.0201. The van der Waals surface area contributed by atoms with Crippen molar-refractivity contribution in [3.8, 4) is 11.1 Å². The van der Waals surface area contributed by atoms with Crippen molar-refractivity contribution >= 4 is 17.9 Å². The fraction of sp³-hybridized carbons (Fsp3) is 0.400. The second-order valence-electron chi connectivity index (χ2n) is 8.65. The van der Waals surface area contributed by atoms with Gasteiger partial charge in [0.1, 0.15) is 12.6 Å². The van der Waals surface area contributed by atoms with Crippen LogP contribution in [-0.4, -0.2) is 52.9 Å². The van der Waals surface area contributed by atoms with Gasteiger partial charge in [0.2, 0.25) is 5.91 Å². The number of rotatable bonds is 3. The molecular weight excluding hydrogens is 392 g/mol. The van der Waals surface area contributed by atoms with Crippen molar-refractivity contribution in [2.24, 2.45) is 0 Å². The summed E-state index contributed by atoms with van der Waals surface area (Å²) in [4.78, 5) is 41.0. The minimum atomic E-state index is -0.611. The van der Waals surface area contributed by atoms with Gasteiger partial charge in [-0.05, 0) is 48.4 Å². The Morgan fingerprint density at radius 1 is 1.00 bits per heavy atom. The first-order chi connectivity index (χ1) is 15.1. The van der Waals surface area contributed by atoms with Crippen molar-refractivity contribution in [1.29, 1.82) is 0 Å². The van der Waals surface area contributed by atoms with Gasteiger partial charge in [-0.1, -0.05) is 48.5 Å². The fourth-order valence-corrected chi connectivity index (χ4v) is 5.25. The van der Waals surface area contributed by atoms with Crippen LogP contribution in [0, 0.1) is 0 Å². The molecule has 0 N–H and O–H groups in total. The molecule has 0 unspecified atom stereocenters. The van der Waals surface area contributed by atoms with Gasteiger partial charge in [-0.25, -0.2) is 4.79 Å². The average Bonchev–Trinajstić information content (AvgIpc) is 3.48. The van der Waals surface area contributed by atoms with Crippen molar-refractivity contribution in [1.82, 2.24) is 9.80 Å². The second kappa shape index (κ2) is 7.84. The molecule has 2 heterocycles. The Balaban J connectivity index is 1.31. The van der Waals surface area contributed by atoms with Gasteiger partial charge in [0.05, 0.1) is 0 Å². The molecule has 2 aliphatic heterocycles. The maximum Gasteiger partial charge on any atom is 0.410 e. The number of hydrogen-bond donors (Lipinski definition) is 0. The SMILES string of the molecule is C[C@@H]1CCC(=O)N1C(=O)[C@H]1CCCN1C(=O)OCC1c2ccccc2-c2ccccc21. The summed E-state index contributed by atoms with van der Waals surface area (Å²) < 4.78 is 5.75.